The smallest absolute Gasteiger partial charge is 0.490 e. The monoisotopic (exact) mass is 307 g/mol. The fourth-order valence-electron chi connectivity index (χ4n) is 0.342. The van der Waals surface area contributed by atoms with Gasteiger partial charge in [0, 0.05) is 12.1 Å². The lowest BCUT2D eigenvalue weighted by molar-refractivity contribution is -0.378. The summed E-state index contributed by atoms with van der Waals surface area (Å²) in [6, 6.07) is 5.86. The second kappa shape index (κ2) is 8.72. The van der Waals surface area contributed by atoms with Gasteiger partial charge in [0.1, 0.15) is 5.97 Å². The Morgan fingerprint density at radius 3 is 1.25 bits per heavy atom. The molecular formula is C9H7F6NO4. The SMILES string of the molecule is O=C(O)C(F)(F)F.O=C([O-])C(F)(F)F.c1cc[nH+]cc1. The number of halogens is 6. The number of carboxylic acid groups (broad SMARTS) is 2. The number of carboxylic acids is 2. The quantitative estimate of drug-likeness (QED) is 0.704. The highest BCUT2D eigenvalue weighted by molar-refractivity contribution is 5.73. The number of alkyl halides is 6. The Morgan fingerprint density at radius 2 is 1.20 bits per heavy atom. The number of rotatable bonds is 0. The molecule has 0 spiro atoms. The maximum absolute atomic E-state index is 10.6. The Morgan fingerprint density at radius 1 is 0.900 bits per heavy atom. The minimum Gasteiger partial charge on any atom is -0.542 e. The summed E-state index contributed by atoms with van der Waals surface area (Å²) in [5.74, 6) is -5.76. The predicted molar refractivity (Wildman–Crippen MR) is 47.8 cm³/mol. The largest absolute Gasteiger partial charge is 0.542 e. The van der Waals surface area contributed by atoms with Crippen LogP contribution in [0.4, 0.5) is 26.3 Å². The molecule has 0 saturated carbocycles. The lowest BCUT2D eigenvalue weighted by Gasteiger charge is -2.03. The first-order valence-corrected chi connectivity index (χ1v) is 4.38. The lowest BCUT2D eigenvalue weighted by Crippen LogP contribution is -2.37. The summed E-state index contributed by atoms with van der Waals surface area (Å²) in [5, 5.41) is 15.9. The minimum absolute atomic E-state index is 1.88. The van der Waals surface area contributed by atoms with Crippen molar-refractivity contribution in [1.29, 1.82) is 0 Å². The first-order chi connectivity index (χ1) is 8.89. The summed E-state index contributed by atoms with van der Waals surface area (Å²) >= 11 is 0. The van der Waals surface area contributed by atoms with Gasteiger partial charge in [0.05, 0.1) is 0 Å². The Bertz CT molecular complexity index is 352. The molecule has 0 aliphatic heterocycles. The molecule has 1 aromatic heterocycles. The molecule has 0 bridgehead atoms. The maximum atomic E-state index is 10.6. The Kier molecular flexibility index (Phi) is 8.72. The van der Waals surface area contributed by atoms with Crippen LogP contribution in [0.25, 0.3) is 0 Å². The second-order valence-corrected chi connectivity index (χ2v) is 2.67. The van der Waals surface area contributed by atoms with Gasteiger partial charge in [0.25, 0.3) is 0 Å². The number of carbonyl (C=O) groups excluding carboxylic acids is 1. The average Bonchev–Trinajstić information content (AvgIpc) is 2.30. The molecule has 0 atom stereocenters. The molecule has 0 aliphatic carbocycles. The van der Waals surface area contributed by atoms with Crippen LogP contribution in [0.3, 0.4) is 0 Å². The second-order valence-electron chi connectivity index (χ2n) is 2.67. The van der Waals surface area contributed by atoms with Crippen LogP contribution in [0.2, 0.25) is 0 Å². The van der Waals surface area contributed by atoms with Gasteiger partial charge in [0.15, 0.2) is 12.4 Å². The third-order valence-electron chi connectivity index (χ3n) is 1.08. The van der Waals surface area contributed by atoms with E-state index in [2.05, 4.69) is 4.98 Å². The molecule has 0 aliphatic rings. The number of pyridine rings is 1. The molecule has 2 N–H and O–H groups in total. The Balaban J connectivity index is 0. The molecule has 1 aromatic rings. The van der Waals surface area contributed by atoms with E-state index in [0.717, 1.165) is 0 Å². The normalized spacial score (nSPS) is 10.3. The van der Waals surface area contributed by atoms with Crippen LogP contribution in [0.1, 0.15) is 0 Å². The number of aliphatic carboxylic acids is 2. The van der Waals surface area contributed by atoms with Crippen molar-refractivity contribution >= 4 is 11.9 Å². The minimum atomic E-state index is -5.19. The summed E-state index contributed by atoms with van der Waals surface area (Å²) < 4.78 is 63.3. The highest BCUT2D eigenvalue weighted by Gasteiger charge is 2.38. The van der Waals surface area contributed by atoms with Crippen molar-refractivity contribution < 1.29 is 51.1 Å². The molecule has 5 nitrogen and oxygen atoms in total. The van der Waals surface area contributed by atoms with Crippen LogP contribution < -0.4 is 10.1 Å². The number of hydrogen-bond donors (Lipinski definition) is 1. The van der Waals surface area contributed by atoms with E-state index in [1.165, 1.54) is 0 Å². The van der Waals surface area contributed by atoms with Gasteiger partial charge in [-0.25, -0.2) is 9.78 Å². The van der Waals surface area contributed by atoms with Crippen LogP contribution >= 0.6 is 0 Å². The zero-order valence-corrected chi connectivity index (χ0v) is 9.33. The first-order valence-electron chi connectivity index (χ1n) is 4.38. The molecule has 0 amide bonds. The molecule has 0 saturated heterocycles. The van der Waals surface area contributed by atoms with Crippen molar-refractivity contribution in [1.82, 2.24) is 0 Å². The zero-order valence-electron chi connectivity index (χ0n) is 9.33. The topological polar surface area (TPSA) is 91.6 Å². The van der Waals surface area contributed by atoms with Crippen molar-refractivity contribution in [2.24, 2.45) is 0 Å². The molecule has 0 aromatic carbocycles. The molecule has 20 heavy (non-hydrogen) atoms. The third kappa shape index (κ3) is 13.7. The fourth-order valence-corrected chi connectivity index (χ4v) is 0.342. The summed E-state index contributed by atoms with van der Waals surface area (Å²) in [5.41, 5.74) is 0. The van der Waals surface area contributed by atoms with E-state index < -0.39 is 24.3 Å². The number of nitrogens with one attached hydrogen (secondary N) is 1. The van der Waals surface area contributed by atoms with E-state index in [-0.39, 0.29) is 0 Å². The number of carbonyl (C=O) groups is 2. The standard InChI is InChI=1S/C5H5N.2C2HF3O2/c1-2-4-6-5-3-1;2*3-2(4,5)1(6)7/h1-5H;2*(H,6,7). The van der Waals surface area contributed by atoms with E-state index in [0.29, 0.717) is 0 Å². The number of hydrogen-bond acceptors (Lipinski definition) is 3. The Labute approximate surface area is 107 Å². The third-order valence-corrected chi connectivity index (χ3v) is 1.08. The fraction of sp³-hybridized carbons (Fsp3) is 0.222. The van der Waals surface area contributed by atoms with Crippen molar-refractivity contribution in [2.45, 2.75) is 12.4 Å². The van der Waals surface area contributed by atoms with Gasteiger partial charge in [-0.2, -0.15) is 26.3 Å². The van der Waals surface area contributed by atoms with Crippen LogP contribution in [0.15, 0.2) is 30.6 Å². The van der Waals surface area contributed by atoms with Crippen LogP contribution in [0, 0.1) is 0 Å². The van der Waals surface area contributed by atoms with Gasteiger partial charge >= 0.3 is 18.3 Å². The molecule has 0 unspecified atom stereocenters. The molecule has 1 rings (SSSR count). The summed E-state index contributed by atoms with van der Waals surface area (Å²) in [4.78, 5) is 20.6. The number of H-pyrrole nitrogens is 1. The molecule has 114 valence electrons. The molecular weight excluding hydrogens is 300 g/mol. The van der Waals surface area contributed by atoms with Crippen LogP contribution in [-0.2, 0) is 9.59 Å². The molecule has 1 heterocycles. The van der Waals surface area contributed by atoms with E-state index in [1.54, 1.807) is 0 Å². The van der Waals surface area contributed by atoms with Crippen LogP contribution in [-0.4, -0.2) is 29.4 Å². The van der Waals surface area contributed by atoms with E-state index in [4.69, 9.17) is 19.8 Å². The van der Waals surface area contributed by atoms with Gasteiger partial charge in [-0.1, -0.05) is 6.07 Å². The van der Waals surface area contributed by atoms with Gasteiger partial charge in [0.2, 0.25) is 0 Å². The van der Waals surface area contributed by atoms with Crippen molar-refractivity contribution in [3.63, 3.8) is 0 Å². The van der Waals surface area contributed by atoms with Gasteiger partial charge in [-0.3, -0.25) is 0 Å². The maximum Gasteiger partial charge on any atom is 0.490 e. The van der Waals surface area contributed by atoms with Gasteiger partial charge in [-0.15, -0.1) is 0 Å². The average molecular weight is 307 g/mol. The highest BCUT2D eigenvalue weighted by atomic mass is 19.4. The summed E-state index contributed by atoms with van der Waals surface area (Å²) in [7, 11) is 0. The number of aromatic amines is 1. The molecule has 0 radical (unpaired) electrons. The zero-order chi connectivity index (χ0) is 16.4. The first kappa shape index (κ1) is 20.0. The highest BCUT2D eigenvalue weighted by Crippen LogP contribution is 2.13. The van der Waals surface area contributed by atoms with Crippen LogP contribution in [0.5, 0.6) is 0 Å². The lowest BCUT2D eigenvalue weighted by atomic mass is 10.5. The predicted octanol–water partition coefficient (Wildman–Crippen LogP) is 0.433. The van der Waals surface area contributed by atoms with E-state index in [1.807, 2.05) is 30.6 Å². The Hall–Kier alpha value is -2.33. The van der Waals surface area contributed by atoms with Crippen molar-refractivity contribution in [3.8, 4) is 0 Å². The van der Waals surface area contributed by atoms with Gasteiger partial charge in [-0.05, 0) is 0 Å². The van der Waals surface area contributed by atoms with E-state index in [9.17, 15) is 26.3 Å². The van der Waals surface area contributed by atoms with Crippen molar-refractivity contribution in [2.75, 3.05) is 0 Å². The molecule has 0 fully saturated rings. The summed E-state index contributed by atoms with van der Waals surface area (Å²) in [6.07, 6.45) is -6.53. The number of aromatic nitrogens is 1. The van der Waals surface area contributed by atoms with Gasteiger partial charge < -0.3 is 15.0 Å². The van der Waals surface area contributed by atoms with Crippen molar-refractivity contribution in [3.05, 3.63) is 30.6 Å². The summed E-state index contributed by atoms with van der Waals surface area (Å²) in [6.45, 7) is 0. The molecule has 11 heteroatoms. The van der Waals surface area contributed by atoms with E-state index >= 15 is 0 Å².